The van der Waals surface area contributed by atoms with Crippen molar-refractivity contribution in [2.45, 2.75) is 19.8 Å². The molecule has 0 heterocycles. The maximum atomic E-state index is 11.9. The maximum Gasteiger partial charge on any atom is 0.224 e. The van der Waals surface area contributed by atoms with Gasteiger partial charge in [0.1, 0.15) is 11.5 Å². The number of amides is 1. The molecule has 4 nitrogen and oxygen atoms in total. The van der Waals surface area contributed by atoms with Crippen molar-refractivity contribution in [3.05, 3.63) is 53.1 Å². The SMILES string of the molecule is COc1ccc(NC(=O)CCCOc2ccccc2C)c(Cl)c1. The Balaban J connectivity index is 1.76. The molecule has 0 spiro atoms. The van der Waals surface area contributed by atoms with Crippen LogP contribution in [0.2, 0.25) is 5.02 Å². The van der Waals surface area contributed by atoms with Gasteiger partial charge in [0.05, 0.1) is 24.4 Å². The molecule has 0 saturated carbocycles. The molecule has 2 aromatic rings. The van der Waals surface area contributed by atoms with E-state index in [1.807, 2.05) is 31.2 Å². The monoisotopic (exact) mass is 333 g/mol. The van der Waals surface area contributed by atoms with Crippen LogP contribution in [-0.2, 0) is 4.79 Å². The molecule has 1 amide bonds. The van der Waals surface area contributed by atoms with E-state index in [-0.39, 0.29) is 5.91 Å². The second kappa shape index (κ2) is 8.44. The van der Waals surface area contributed by atoms with Crippen LogP contribution in [0.3, 0.4) is 0 Å². The van der Waals surface area contributed by atoms with Gasteiger partial charge in [0.25, 0.3) is 0 Å². The molecule has 0 atom stereocenters. The van der Waals surface area contributed by atoms with Crippen molar-refractivity contribution in [1.29, 1.82) is 0 Å². The van der Waals surface area contributed by atoms with E-state index in [2.05, 4.69) is 5.32 Å². The van der Waals surface area contributed by atoms with Gasteiger partial charge in [-0.1, -0.05) is 29.8 Å². The summed E-state index contributed by atoms with van der Waals surface area (Å²) in [6.45, 7) is 2.49. The second-order valence-corrected chi connectivity index (χ2v) is 5.52. The summed E-state index contributed by atoms with van der Waals surface area (Å²) in [4.78, 5) is 11.9. The van der Waals surface area contributed by atoms with Gasteiger partial charge >= 0.3 is 0 Å². The van der Waals surface area contributed by atoms with Gasteiger partial charge < -0.3 is 14.8 Å². The van der Waals surface area contributed by atoms with E-state index in [9.17, 15) is 4.79 Å². The smallest absolute Gasteiger partial charge is 0.224 e. The van der Waals surface area contributed by atoms with Crippen LogP contribution in [0.1, 0.15) is 18.4 Å². The molecule has 2 rings (SSSR count). The largest absolute Gasteiger partial charge is 0.497 e. The van der Waals surface area contributed by atoms with Gasteiger partial charge in [0.15, 0.2) is 0 Å². The van der Waals surface area contributed by atoms with Crippen molar-refractivity contribution in [1.82, 2.24) is 0 Å². The lowest BCUT2D eigenvalue weighted by Crippen LogP contribution is -2.13. The average Bonchev–Trinajstić information content (AvgIpc) is 2.55. The minimum atomic E-state index is -0.0922. The lowest BCUT2D eigenvalue weighted by atomic mass is 10.2. The Kier molecular flexibility index (Phi) is 6.29. The summed E-state index contributed by atoms with van der Waals surface area (Å²) in [5.41, 5.74) is 1.67. The molecule has 5 heteroatoms. The van der Waals surface area contributed by atoms with E-state index in [0.717, 1.165) is 11.3 Å². The molecule has 1 N–H and O–H groups in total. The summed E-state index contributed by atoms with van der Waals surface area (Å²) in [5, 5.41) is 3.24. The number of hydrogen-bond donors (Lipinski definition) is 1. The second-order valence-electron chi connectivity index (χ2n) is 5.11. The topological polar surface area (TPSA) is 47.6 Å². The fourth-order valence-corrected chi connectivity index (χ4v) is 2.29. The van der Waals surface area contributed by atoms with Crippen LogP contribution in [0.15, 0.2) is 42.5 Å². The third kappa shape index (κ3) is 5.18. The molecule has 2 aromatic carbocycles. The molecule has 0 aliphatic carbocycles. The Labute approximate surface area is 141 Å². The first-order chi connectivity index (χ1) is 11.1. The van der Waals surface area contributed by atoms with E-state index in [0.29, 0.717) is 35.9 Å². The standard InChI is InChI=1S/C18H20ClNO3/c1-13-6-3-4-7-17(13)23-11-5-8-18(21)20-16-10-9-14(22-2)12-15(16)19/h3-4,6-7,9-10,12H,5,8,11H2,1-2H3,(H,20,21). The van der Waals surface area contributed by atoms with Crippen molar-refractivity contribution < 1.29 is 14.3 Å². The van der Waals surface area contributed by atoms with Gasteiger partial charge in [-0.25, -0.2) is 0 Å². The minimum absolute atomic E-state index is 0.0922. The Hall–Kier alpha value is -2.20. The van der Waals surface area contributed by atoms with E-state index in [1.54, 1.807) is 25.3 Å². The van der Waals surface area contributed by atoms with E-state index in [4.69, 9.17) is 21.1 Å². The fourth-order valence-electron chi connectivity index (χ4n) is 2.07. The summed E-state index contributed by atoms with van der Waals surface area (Å²) in [6.07, 6.45) is 1.00. The normalized spacial score (nSPS) is 10.2. The molecular weight excluding hydrogens is 314 g/mol. The third-order valence-corrected chi connectivity index (χ3v) is 3.66. The minimum Gasteiger partial charge on any atom is -0.497 e. The molecule has 0 unspecified atom stereocenters. The Morgan fingerprint density at radius 2 is 2.00 bits per heavy atom. The van der Waals surface area contributed by atoms with E-state index < -0.39 is 0 Å². The predicted molar refractivity (Wildman–Crippen MR) is 92.5 cm³/mol. The molecule has 0 fully saturated rings. The quantitative estimate of drug-likeness (QED) is 0.761. The molecule has 0 aliphatic rings. The van der Waals surface area contributed by atoms with Crippen molar-refractivity contribution in [3.63, 3.8) is 0 Å². The van der Waals surface area contributed by atoms with E-state index in [1.165, 1.54) is 0 Å². The number of nitrogens with one attached hydrogen (secondary N) is 1. The van der Waals surface area contributed by atoms with Crippen molar-refractivity contribution in [2.75, 3.05) is 19.0 Å². The van der Waals surface area contributed by atoms with Crippen LogP contribution in [0, 0.1) is 6.92 Å². The molecule has 0 radical (unpaired) electrons. The number of ether oxygens (including phenoxy) is 2. The molecule has 122 valence electrons. The zero-order valence-corrected chi connectivity index (χ0v) is 14.0. The summed E-state index contributed by atoms with van der Waals surface area (Å²) in [6, 6.07) is 13.0. The summed E-state index contributed by atoms with van der Waals surface area (Å²) in [7, 11) is 1.57. The number of carbonyl (C=O) groups is 1. The third-order valence-electron chi connectivity index (χ3n) is 3.35. The van der Waals surface area contributed by atoms with E-state index >= 15 is 0 Å². The average molecular weight is 334 g/mol. The Bertz CT molecular complexity index is 673. The van der Waals surface area contributed by atoms with Gasteiger partial charge in [-0.15, -0.1) is 0 Å². The number of benzene rings is 2. The first-order valence-corrected chi connectivity index (χ1v) is 7.80. The van der Waals surface area contributed by atoms with Crippen LogP contribution in [0.4, 0.5) is 5.69 Å². The predicted octanol–water partition coefficient (Wildman–Crippen LogP) is 4.45. The zero-order valence-electron chi connectivity index (χ0n) is 13.3. The summed E-state index contributed by atoms with van der Waals surface area (Å²) < 4.78 is 10.7. The molecule has 0 aliphatic heterocycles. The van der Waals surface area contributed by atoms with Crippen molar-refractivity contribution in [2.24, 2.45) is 0 Å². The summed E-state index contributed by atoms with van der Waals surface area (Å²) in [5.74, 6) is 1.41. The molecule has 0 bridgehead atoms. The lowest BCUT2D eigenvalue weighted by Gasteiger charge is -2.10. The van der Waals surface area contributed by atoms with Crippen LogP contribution in [0.5, 0.6) is 11.5 Å². The first kappa shape index (κ1) is 17.2. The number of hydrogen-bond acceptors (Lipinski definition) is 3. The molecule has 23 heavy (non-hydrogen) atoms. The van der Waals surface area contributed by atoms with Gasteiger partial charge in [-0.2, -0.15) is 0 Å². The fraction of sp³-hybridized carbons (Fsp3) is 0.278. The number of halogens is 1. The molecule has 0 aromatic heterocycles. The van der Waals surface area contributed by atoms with Crippen LogP contribution in [0.25, 0.3) is 0 Å². The lowest BCUT2D eigenvalue weighted by molar-refractivity contribution is -0.116. The Morgan fingerprint density at radius 3 is 2.70 bits per heavy atom. The van der Waals surface area contributed by atoms with Gasteiger partial charge in [-0.3, -0.25) is 4.79 Å². The number of aryl methyl sites for hydroxylation is 1. The number of carbonyl (C=O) groups excluding carboxylic acids is 1. The van der Waals surface area contributed by atoms with Crippen LogP contribution >= 0.6 is 11.6 Å². The maximum absolute atomic E-state index is 11.9. The van der Waals surface area contributed by atoms with Crippen molar-refractivity contribution in [3.8, 4) is 11.5 Å². The molecule has 0 saturated heterocycles. The Morgan fingerprint density at radius 1 is 1.22 bits per heavy atom. The highest BCUT2D eigenvalue weighted by molar-refractivity contribution is 6.33. The highest BCUT2D eigenvalue weighted by Crippen LogP contribution is 2.26. The highest BCUT2D eigenvalue weighted by Gasteiger charge is 2.07. The number of anilines is 1. The van der Waals surface area contributed by atoms with Crippen LogP contribution < -0.4 is 14.8 Å². The van der Waals surface area contributed by atoms with Gasteiger partial charge in [-0.05, 0) is 37.1 Å². The number of methoxy groups -OCH3 is 1. The van der Waals surface area contributed by atoms with Gasteiger partial charge in [0.2, 0.25) is 5.91 Å². The van der Waals surface area contributed by atoms with Crippen LogP contribution in [-0.4, -0.2) is 19.6 Å². The number of para-hydroxylation sites is 1. The van der Waals surface area contributed by atoms with Crippen molar-refractivity contribution >= 4 is 23.2 Å². The summed E-state index contributed by atoms with van der Waals surface area (Å²) >= 11 is 6.09. The first-order valence-electron chi connectivity index (χ1n) is 7.42. The number of rotatable bonds is 7. The highest BCUT2D eigenvalue weighted by atomic mass is 35.5. The molecular formula is C18H20ClNO3. The zero-order chi connectivity index (χ0) is 16.7. The van der Waals surface area contributed by atoms with Gasteiger partial charge in [0, 0.05) is 12.5 Å².